The molecular formula is C17H17N5O3. The summed E-state index contributed by atoms with van der Waals surface area (Å²) in [5.74, 6) is 0.550. The minimum atomic E-state index is -0.592. The fourth-order valence-electron chi connectivity index (χ4n) is 3.00. The number of hydrogen-bond donors (Lipinski definition) is 0. The summed E-state index contributed by atoms with van der Waals surface area (Å²) in [5, 5.41) is 19.2. The zero-order chi connectivity index (χ0) is 17.6. The molecule has 1 aromatic carbocycles. The number of nitrogens with zero attached hydrogens (tertiary/aromatic N) is 5. The van der Waals surface area contributed by atoms with Gasteiger partial charge in [-0.25, -0.2) is 0 Å². The fourth-order valence-corrected chi connectivity index (χ4v) is 3.00. The lowest BCUT2D eigenvalue weighted by molar-refractivity contribution is -0.496. The maximum Gasteiger partial charge on any atom is 0.237 e. The minimum absolute atomic E-state index is 0.255. The van der Waals surface area contributed by atoms with E-state index in [2.05, 4.69) is 15.2 Å². The number of aryl methyl sites for hydroxylation is 2. The first-order valence-electron chi connectivity index (χ1n) is 8.09. The second-order valence-electron chi connectivity index (χ2n) is 6.44. The summed E-state index contributed by atoms with van der Waals surface area (Å²) in [5.41, 5.74) is 3.99. The van der Waals surface area contributed by atoms with E-state index in [-0.39, 0.29) is 10.8 Å². The van der Waals surface area contributed by atoms with Crippen LogP contribution in [0.15, 0.2) is 34.9 Å². The molecule has 0 spiro atoms. The Kier molecular flexibility index (Phi) is 3.60. The van der Waals surface area contributed by atoms with Crippen molar-refractivity contribution in [2.45, 2.75) is 38.8 Å². The summed E-state index contributed by atoms with van der Waals surface area (Å²) in [6.45, 7) is 4.65. The van der Waals surface area contributed by atoms with E-state index in [1.165, 1.54) is 0 Å². The van der Waals surface area contributed by atoms with E-state index in [0.717, 1.165) is 22.5 Å². The van der Waals surface area contributed by atoms with Gasteiger partial charge in [0.2, 0.25) is 17.8 Å². The van der Waals surface area contributed by atoms with Crippen LogP contribution in [0.25, 0.3) is 11.4 Å². The molecule has 0 aliphatic heterocycles. The van der Waals surface area contributed by atoms with E-state index in [4.69, 9.17) is 4.52 Å². The summed E-state index contributed by atoms with van der Waals surface area (Å²) >= 11 is 0. The van der Waals surface area contributed by atoms with Gasteiger partial charge in [-0.3, -0.25) is 14.8 Å². The Hall–Kier alpha value is -3.03. The van der Waals surface area contributed by atoms with Crippen LogP contribution in [0.5, 0.6) is 0 Å². The Balaban J connectivity index is 1.55. The number of hydrogen-bond acceptors (Lipinski definition) is 6. The van der Waals surface area contributed by atoms with Gasteiger partial charge in [0, 0.05) is 22.6 Å². The van der Waals surface area contributed by atoms with Crippen molar-refractivity contribution in [3.63, 3.8) is 0 Å². The van der Waals surface area contributed by atoms with Crippen molar-refractivity contribution in [3.05, 3.63) is 63.3 Å². The van der Waals surface area contributed by atoms with Gasteiger partial charge in [-0.1, -0.05) is 23.4 Å². The molecule has 4 rings (SSSR count). The molecule has 8 heteroatoms. The molecule has 1 aliphatic rings. The molecule has 0 saturated heterocycles. The Morgan fingerprint density at radius 3 is 2.88 bits per heavy atom. The minimum Gasteiger partial charge on any atom is -0.338 e. The molecule has 128 valence electrons. The molecule has 2 heterocycles. The summed E-state index contributed by atoms with van der Waals surface area (Å²) < 4.78 is 7.17. The molecule has 0 unspecified atom stereocenters. The van der Waals surface area contributed by atoms with Crippen molar-refractivity contribution in [1.82, 2.24) is 19.9 Å². The average Bonchev–Trinajstić information content (AvgIpc) is 3.12. The van der Waals surface area contributed by atoms with E-state index in [1.54, 1.807) is 0 Å². The zero-order valence-corrected chi connectivity index (χ0v) is 13.9. The van der Waals surface area contributed by atoms with Crippen LogP contribution in [0.2, 0.25) is 0 Å². The third-order valence-corrected chi connectivity index (χ3v) is 4.41. The second kappa shape index (κ2) is 5.80. The highest BCUT2D eigenvalue weighted by atomic mass is 16.6. The fraction of sp³-hybridized carbons (Fsp3) is 0.353. The van der Waals surface area contributed by atoms with Crippen LogP contribution in [-0.4, -0.2) is 30.9 Å². The standard InChI is InChI=1S/C17H17N5O3/c1-10-6-11(2)21(19-10)9-12-4-3-5-13(7-12)16-18-17(25-20-16)14-8-15(14)22(23)24/h3-7,14-15H,8-9H2,1-2H3/t14-,15+/m0/s1. The van der Waals surface area contributed by atoms with Crippen molar-refractivity contribution < 1.29 is 9.45 Å². The van der Waals surface area contributed by atoms with Crippen LogP contribution in [0.1, 0.15) is 35.2 Å². The van der Waals surface area contributed by atoms with E-state index in [1.807, 2.05) is 48.9 Å². The number of aromatic nitrogens is 4. The SMILES string of the molecule is Cc1cc(C)n(Cc2cccc(-c3noc([C@H]4C[C@H]4[N+](=O)[O-])n3)c2)n1. The maximum atomic E-state index is 10.8. The summed E-state index contributed by atoms with van der Waals surface area (Å²) in [6.07, 6.45) is 0.465. The lowest BCUT2D eigenvalue weighted by Gasteiger charge is -2.05. The largest absolute Gasteiger partial charge is 0.338 e. The van der Waals surface area contributed by atoms with Gasteiger partial charge in [0.1, 0.15) is 5.92 Å². The van der Waals surface area contributed by atoms with Gasteiger partial charge in [-0.05, 0) is 31.5 Å². The predicted molar refractivity (Wildman–Crippen MR) is 88.7 cm³/mol. The number of nitro groups is 1. The molecule has 0 amide bonds. The lowest BCUT2D eigenvalue weighted by Crippen LogP contribution is -2.04. The summed E-state index contributed by atoms with van der Waals surface area (Å²) in [6, 6.07) is 9.29. The van der Waals surface area contributed by atoms with Gasteiger partial charge in [-0.15, -0.1) is 0 Å². The van der Waals surface area contributed by atoms with Crippen molar-refractivity contribution in [1.29, 1.82) is 0 Å². The van der Waals surface area contributed by atoms with Crippen LogP contribution in [0.3, 0.4) is 0 Å². The smallest absolute Gasteiger partial charge is 0.237 e. The molecule has 0 N–H and O–H groups in total. The van der Waals surface area contributed by atoms with Gasteiger partial charge in [-0.2, -0.15) is 10.1 Å². The van der Waals surface area contributed by atoms with Crippen molar-refractivity contribution in [3.8, 4) is 11.4 Å². The molecule has 3 aromatic rings. The van der Waals surface area contributed by atoms with Crippen molar-refractivity contribution >= 4 is 0 Å². The van der Waals surface area contributed by atoms with Gasteiger partial charge in [0.05, 0.1) is 12.2 Å². The van der Waals surface area contributed by atoms with Crippen LogP contribution in [0.4, 0.5) is 0 Å². The van der Waals surface area contributed by atoms with E-state index in [9.17, 15) is 10.1 Å². The lowest BCUT2D eigenvalue weighted by atomic mass is 10.1. The van der Waals surface area contributed by atoms with Crippen molar-refractivity contribution in [2.24, 2.45) is 0 Å². The molecule has 2 aromatic heterocycles. The molecule has 2 atom stereocenters. The highest BCUT2D eigenvalue weighted by molar-refractivity contribution is 5.55. The van der Waals surface area contributed by atoms with Crippen LogP contribution < -0.4 is 0 Å². The molecule has 25 heavy (non-hydrogen) atoms. The Morgan fingerprint density at radius 2 is 2.20 bits per heavy atom. The van der Waals surface area contributed by atoms with Gasteiger partial charge in [0.15, 0.2) is 0 Å². The summed E-state index contributed by atoms with van der Waals surface area (Å²) in [4.78, 5) is 14.8. The highest BCUT2D eigenvalue weighted by Gasteiger charge is 2.53. The zero-order valence-electron chi connectivity index (χ0n) is 13.9. The number of benzene rings is 1. The van der Waals surface area contributed by atoms with Gasteiger partial charge in [0.25, 0.3) is 0 Å². The molecule has 1 fully saturated rings. The first-order chi connectivity index (χ1) is 12.0. The maximum absolute atomic E-state index is 10.8. The normalized spacial score (nSPS) is 19.1. The Labute approximate surface area is 143 Å². The molecule has 0 radical (unpaired) electrons. The first kappa shape index (κ1) is 15.5. The molecule has 0 bridgehead atoms. The monoisotopic (exact) mass is 339 g/mol. The van der Waals surface area contributed by atoms with E-state index in [0.29, 0.717) is 24.7 Å². The van der Waals surface area contributed by atoms with Crippen LogP contribution >= 0.6 is 0 Å². The quantitative estimate of drug-likeness (QED) is 0.523. The van der Waals surface area contributed by atoms with E-state index < -0.39 is 6.04 Å². The Bertz CT molecular complexity index is 945. The predicted octanol–water partition coefficient (Wildman–Crippen LogP) is 2.73. The molecule has 1 saturated carbocycles. The van der Waals surface area contributed by atoms with E-state index >= 15 is 0 Å². The summed E-state index contributed by atoms with van der Waals surface area (Å²) in [7, 11) is 0. The van der Waals surface area contributed by atoms with Crippen molar-refractivity contribution in [2.75, 3.05) is 0 Å². The van der Waals surface area contributed by atoms with Crippen LogP contribution in [-0.2, 0) is 6.54 Å². The topological polar surface area (TPSA) is 99.9 Å². The molecular weight excluding hydrogens is 322 g/mol. The third-order valence-electron chi connectivity index (χ3n) is 4.41. The average molecular weight is 339 g/mol. The first-order valence-corrected chi connectivity index (χ1v) is 8.09. The second-order valence-corrected chi connectivity index (χ2v) is 6.44. The Morgan fingerprint density at radius 1 is 1.36 bits per heavy atom. The highest BCUT2D eigenvalue weighted by Crippen LogP contribution is 2.42. The molecule has 8 nitrogen and oxygen atoms in total. The van der Waals surface area contributed by atoms with Gasteiger partial charge < -0.3 is 4.52 Å². The van der Waals surface area contributed by atoms with Gasteiger partial charge >= 0.3 is 0 Å². The number of rotatable bonds is 5. The molecule has 1 aliphatic carbocycles. The third kappa shape index (κ3) is 3.02. The van der Waals surface area contributed by atoms with Crippen LogP contribution in [0, 0.1) is 24.0 Å².